The van der Waals surface area contributed by atoms with Gasteiger partial charge < -0.3 is 20.1 Å². The van der Waals surface area contributed by atoms with Crippen LogP contribution in [0.2, 0.25) is 0 Å². The van der Waals surface area contributed by atoms with Crippen LogP contribution in [0.3, 0.4) is 0 Å². The molecule has 0 saturated carbocycles. The number of nitrogens with one attached hydrogen (secondary N) is 2. The minimum atomic E-state index is -0.423. The van der Waals surface area contributed by atoms with Crippen LogP contribution in [0.4, 0.5) is 9.59 Å². The van der Waals surface area contributed by atoms with Crippen molar-refractivity contribution in [2.45, 2.75) is 52.4 Å². The summed E-state index contributed by atoms with van der Waals surface area (Å²) >= 11 is 0. The van der Waals surface area contributed by atoms with Crippen molar-refractivity contribution in [1.82, 2.24) is 10.6 Å². The predicted molar refractivity (Wildman–Crippen MR) is 118 cm³/mol. The highest BCUT2D eigenvalue weighted by atomic mass is 16.6. The zero-order valence-corrected chi connectivity index (χ0v) is 17.9. The average molecular weight is 413 g/mol. The summed E-state index contributed by atoms with van der Waals surface area (Å²) in [5.41, 5.74) is 2.02. The summed E-state index contributed by atoms with van der Waals surface area (Å²) in [5.74, 6) is 1.22. The van der Waals surface area contributed by atoms with Crippen molar-refractivity contribution in [2.24, 2.45) is 0 Å². The molecule has 0 saturated heterocycles. The summed E-state index contributed by atoms with van der Waals surface area (Å²) in [6, 6.07) is 15.1. The fourth-order valence-electron chi connectivity index (χ4n) is 3.05. The monoisotopic (exact) mass is 412 g/mol. The smallest absolute Gasteiger partial charge is 0.410 e. The summed E-state index contributed by atoms with van der Waals surface area (Å²) in [7, 11) is 0. The molecule has 2 N–H and O–H groups in total. The first-order valence-electron chi connectivity index (χ1n) is 10.7. The Kier molecular flexibility index (Phi) is 10.3. The molecule has 2 amide bonds. The molecule has 0 heterocycles. The zero-order chi connectivity index (χ0) is 21.6. The van der Waals surface area contributed by atoms with E-state index in [1.165, 1.54) is 0 Å². The molecular formula is C24H32N2O4. The lowest BCUT2D eigenvalue weighted by atomic mass is 10.1. The van der Waals surface area contributed by atoms with Gasteiger partial charge in [-0.2, -0.15) is 0 Å². The number of aryl methyl sites for hydroxylation is 2. The molecule has 2 rings (SSSR count). The number of carbonyl (C=O) groups excluding carboxylic acids is 2. The lowest BCUT2D eigenvalue weighted by molar-refractivity contribution is 0.198. The van der Waals surface area contributed by atoms with Crippen molar-refractivity contribution in [3.05, 3.63) is 59.7 Å². The minimum absolute atomic E-state index is 0.423. The largest absolute Gasteiger partial charge is 0.412 e. The van der Waals surface area contributed by atoms with Gasteiger partial charge in [-0.05, 0) is 48.9 Å². The Morgan fingerprint density at radius 1 is 0.667 bits per heavy atom. The third kappa shape index (κ3) is 8.15. The first kappa shape index (κ1) is 23.3. The van der Waals surface area contributed by atoms with Crippen LogP contribution in [0.15, 0.2) is 48.5 Å². The maximum atomic E-state index is 11.9. The van der Waals surface area contributed by atoms with Crippen molar-refractivity contribution >= 4 is 12.2 Å². The fourth-order valence-corrected chi connectivity index (χ4v) is 3.05. The molecular weight excluding hydrogens is 380 g/mol. The van der Waals surface area contributed by atoms with Crippen molar-refractivity contribution in [3.63, 3.8) is 0 Å². The van der Waals surface area contributed by atoms with E-state index in [4.69, 9.17) is 9.47 Å². The summed E-state index contributed by atoms with van der Waals surface area (Å²) in [6.45, 7) is 5.18. The molecule has 0 atom stereocenters. The molecule has 6 nitrogen and oxygen atoms in total. The number of amides is 2. The molecule has 30 heavy (non-hydrogen) atoms. The molecule has 6 heteroatoms. The van der Waals surface area contributed by atoms with Crippen molar-refractivity contribution in [2.75, 3.05) is 13.1 Å². The number of carbonyl (C=O) groups is 2. The number of hydrogen-bond donors (Lipinski definition) is 2. The lowest BCUT2D eigenvalue weighted by Gasteiger charge is -2.10. The van der Waals surface area contributed by atoms with Crippen LogP contribution in [0.5, 0.6) is 11.5 Å². The molecule has 0 aromatic heterocycles. The van der Waals surface area contributed by atoms with E-state index < -0.39 is 12.2 Å². The van der Waals surface area contributed by atoms with E-state index >= 15 is 0 Å². The third-order valence-corrected chi connectivity index (χ3v) is 4.75. The second-order valence-electron chi connectivity index (χ2n) is 6.97. The van der Waals surface area contributed by atoms with Crippen LogP contribution in [-0.4, -0.2) is 25.3 Å². The van der Waals surface area contributed by atoms with Crippen LogP contribution in [-0.2, 0) is 12.8 Å². The minimum Gasteiger partial charge on any atom is -0.410 e. The number of unbranched alkanes of at least 4 members (excludes halogenated alkanes) is 3. The van der Waals surface area contributed by atoms with Gasteiger partial charge in [-0.3, -0.25) is 0 Å². The van der Waals surface area contributed by atoms with Crippen molar-refractivity contribution in [1.29, 1.82) is 0 Å². The zero-order valence-electron chi connectivity index (χ0n) is 17.9. The molecule has 0 aliphatic carbocycles. The van der Waals surface area contributed by atoms with E-state index in [9.17, 15) is 9.59 Å². The third-order valence-electron chi connectivity index (χ3n) is 4.75. The second-order valence-corrected chi connectivity index (χ2v) is 6.97. The Hall–Kier alpha value is -3.02. The van der Waals surface area contributed by atoms with Crippen LogP contribution in [0.1, 0.15) is 50.7 Å². The molecule has 0 spiro atoms. The standard InChI is InChI=1S/C24H32N2O4/c1-3-19-13-7-9-15-21(19)29-23(27)25-17-11-5-6-12-18-26-24(28)30-22-16-10-8-14-20(22)4-2/h7-10,13-16H,3-6,11-12,17-18H2,1-2H3,(H,25,27)(H,26,28). The molecule has 0 fully saturated rings. The highest BCUT2D eigenvalue weighted by molar-refractivity contribution is 5.71. The Bertz CT molecular complexity index is 740. The quantitative estimate of drug-likeness (QED) is 0.494. The number of ether oxygens (including phenoxy) is 2. The number of para-hydroxylation sites is 2. The van der Waals surface area contributed by atoms with Gasteiger partial charge in [0.25, 0.3) is 0 Å². The van der Waals surface area contributed by atoms with Crippen LogP contribution >= 0.6 is 0 Å². The summed E-state index contributed by atoms with van der Waals surface area (Å²) < 4.78 is 10.7. The van der Waals surface area contributed by atoms with Crippen molar-refractivity contribution in [3.8, 4) is 11.5 Å². The SMILES string of the molecule is CCc1ccccc1OC(=O)NCCCCCCNC(=O)Oc1ccccc1CC. The highest BCUT2D eigenvalue weighted by Crippen LogP contribution is 2.19. The van der Waals surface area contributed by atoms with Crippen LogP contribution < -0.4 is 20.1 Å². The first-order valence-corrected chi connectivity index (χ1v) is 10.7. The molecule has 0 bridgehead atoms. The van der Waals surface area contributed by atoms with Gasteiger partial charge in [0.2, 0.25) is 0 Å². The Labute approximate surface area is 179 Å². The van der Waals surface area contributed by atoms with Gasteiger partial charge in [0.15, 0.2) is 0 Å². The van der Waals surface area contributed by atoms with Gasteiger partial charge in [0.05, 0.1) is 0 Å². The normalized spacial score (nSPS) is 10.3. The summed E-state index contributed by atoms with van der Waals surface area (Å²) in [4.78, 5) is 23.8. The molecule has 2 aromatic carbocycles. The average Bonchev–Trinajstić information content (AvgIpc) is 2.76. The number of hydrogen-bond acceptors (Lipinski definition) is 4. The van der Waals surface area contributed by atoms with Crippen molar-refractivity contribution < 1.29 is 19.1 Å². The van der Waals surface area contributed by atoms with Gasteiger partial charge in [0, 0.05) is 13.1 Å². The molecule has 0 radical (unpaired) electrons. The first-order chi connectivity index (χ1) is 14.6. The van der Waals surface area contributed by atoms with Gasteiger partial charge >= 0.3 is 12.2 Å². The molecule has 2 aromatic rings. The van der Waals surface area contributed by atoms with E-state index in [1.807, 2.05) is 50.2 Å². The van der Waals surface area contributed by atoms with E-state index in [-0.39, 0.29) is 0 Å². The van der Waals surface area contributed by atoms with Gasteiger partial charge in [-0.15, -0.1) is 0 Å². The second kappa shape index (κ2) is 13.2. The summed E-state index contributed by atoms with van der Waals surface area (Å²) in [6.07, 6.45) is 4.42. The topological polar surface area (TPSA) is 76.7 Å². The number of rotatable bonds is 11. The van der Waals surface area contributed by atoms with Gasteiger partial charge in [-0.1, -0.05) is 63.1 Å². The van der Waals surface area contributed by atoms with Crippen LogP contribution in [0, 0.1) is 0 Å². The van der Waals surface area contributed by atoms with Gasteiger partial charge in [-0.25, -0.2) is 9.59 Å². The Morgan fingerprint density at radius 2 is 1.07 bits per heavy atom. The van der Waals surface area contributed by atoms with E-state index in [1.54, 1.807) is 12.1 Å². The highest BCUT2D eigenvalue weighted by Gasteiger charge is 2.08. The summed E-state index contributed by atoms with van der Waals surface area (Å²) in [5, 5.41) is 5.56. The molecule has 0 aliphatic heterocycles. The maximum absolute atomic E-state index is 11.9. The number of benzene rings is 2. The molecule has 0 aliphatic rings. The lowest BCUT2D eigenvalue weighted by Crippen LogP contribution is -2.28. The van der Waals surface area contributed by atoms with Crippen LogP contribution in [0.25, 0.3) is 0 Å². The maximum Gasteiger partial charge on any atom is 0.412 e. The Balaban J connectivity index is 1.52. The van der Waals surface area contributed by atoms with Gasteiger partial charge in [0.1, 0.15) is 11.5 Å². The molecule has 0 unspecified atom stereocenters. The van der Waals surface area contributed by atoms with E-state index in [0.717, 1.165) is 49.7 Å². The van der Waals surface area contributed by atoms with E-state index in [2.05, 4.69) is 10.6 Å². The predicted octanol–water partition coefficient (Wildman–Crippen LogP) is 5.25. The van der Waals surface area contributed by atoms with E-state index in [0.29, 0.717) is 24.6 Å². The Morgan fingerprint density at radius 3 is 1.47 bits per heavy atom. The molecule has 162 valence electrons. The fraction of sp³-hybridized carbons (Fsp3) is 0.417.